The fraction of sp³-hybridized carbons (Fsp3) is 0.185. The minimum atomic E-state index is 0.212. The summed E-state index contributed by atoms with van der Waals surface area (Å²) in [6, 6.07) is 27.8. The molecule has 0 amide bonds. The molecule has 0 radical (unpaired) electrons. The Balaban J connectivity index is 1.43. The van der Waals surface area contributed by atoms with Crippen LogP contribution in [0.1, 0.15) is 34.0 Å². The number of nitriles is 1. The molecule has 0 spiro atoms. The standard InChI is InChI=1S/C27H24N4/c28-16-21-8-6-20(7-9-21)14-27(26-17-29-19-30-26)31-13-12-23-10-11-24(15-25(23)18-31)22-4-2-1-3-5-22/h1-11,15,17,19,27H,12-14,18H2,(H,29,30). The molecule has 4 aromatic rings. The van der Waals surface area contributed by atoms with E-state index in [0.717, 1.165) is 31.6 Å². The summed E-state index contributed by atoms with van der Waals surface area (Å²) < 4.78 is 0. The molecule has 31 heavy (non-hydrogen) atoms. The van der Waals surface area contributed by atoms with Crippen molar-refractivity contribution in [2.45, 2.75) is 25.4 Å². The number of nitrogens with zero attached hydrogens (tertiary/aromatic N) is 3. The minimum absolute atomic E-state index is 0.212. The zero-order valence-electron chi connectivity index (χ0n) is 17.3. The zero-order valence-corrected chi connectivity index (χ0v) is 17.3. The van der Waals surface area contributed by atoms with Crippen LogP contribution in [0, 0.1) is 11.3 Å². The van der Waals surface area contributed by atoms with Gasteiger partial charge in [0.15, 0.2) is 0 Å². The van der Waals surface area contributed by atoms with E-state index in [0.29, 0.717) is 5.56 Å². The molecule has 0 aliphatic carbocycles. The number of hydrogen-bond donors (Lipinski definition) is 1. The van der Waals surface area contributed by atoms with E-state index in [4.69, 9.17) is 5.26 Å². The highest BCUT2D eigenvalue weighted by atomic mass is 15.2. The number of H-pyrrole nitrogens is 1. The summed E-state index contributed by atoms with van der Waals surface area (Å²) in [6.45, 7) is 1.92. The van der Waals surface area contributed by atoms with Gasteiger partial charge >= 0.3 is 0 Å². The van der Waals surface area contributed by atoms with Gasteiger partial charge in [-0.2, -0.15) is 5.26 Å². The van der Waals surface area contributed by atoms with E-state index in [9.17, 15) is 0 Å². The van der Waals surface area contributed by atoms with Crippen molar-refractivity contribution in [3.8, 4) is 17.2 Å². The summed E-state index contributed by atoms with van der Waals surface area (Å²) >= 11 is 0. The predicted molar refractivity (Wildman–Crippen MR) is 122 cm³/mol. The van der Waals surface area contributed by atoms with Crippen molar-refractivity contribution in [3.63, 3.8) is 0 Å². The maximum atomic E-state index is 9.09. The van der Waals surface area contributed by atoms with E-state index in [1.165, 1.54) is 27.8 Å². The van der Waals surface area contributed by atoms with E-state index >= 15 is 0 Å². The van der Waals surface area contributed by atoms with Gasteiger partial charge < -0.3 is 4.98 Å². The van der Waals surface area contributed by atoms with Crippen molar-refractivity contribution >= 4 is 0 Å². The summed E-state index contributed by atoms with van der Waals surface area (Å²) in [4.78, 5) is 10.2. The molecule has 1 aliphatic rings. The first-order chi connectivity index (χ1) is 15.3. The Morgan fingerprint density at radius 1 is 0.968 bits per heavy atom. The average molecular weight is 405 g/mol. The normalized spacial score (nSPS) is 14.5. The molecule has 0 saturated heterocycles. The molecule has 1 aromatic heterocycles. The molecule has 1 atom stereocenters. The number of imidazole rings is 1. The second kappa shape index (κ2) is 8.59. The molecule has 1 unspecified atom stereocenters. The number of rotatable bonds is 5. The smallest absolute Gasteiger partial charge is 0.0991 e. The lowest BCUT2D eigenvalue weighted by Crippen LogP contribution is -2.35. The molecule has 1 N–H and O–H groups in total. The van der Waals surface area contributed by atoms with Crippen molar-refractivity contribution in [1.82, 2.24) is 14.9 Å². The lowest BCUT2D eigenvalue weighted by molar-refractivity contribution is 0.175. The Hall–Kier alpha value is -3.68. The van der Waals surface area contributed by atoms with Gasteiger partial charge in [-0.15, -0.1) is 0 Å². The summed E-state index contributed by atoms with van der Waals surface area (Å²) in [5.41, 5.74) is 8.42. The summed E-state index contributed by atoms with van der Waals surface area (Å²) in [5, 5.41) is 9.09. The van der Waals surface area contributed by atoms with E-state index in [2.05, 4.69) is 81.6 Å². The van der Waals surface area contributed by atoms with Gasteiger partial charge in [0.05, 0.1) is 29.7 Å². The van der Waals surface area contributed by atoms with Crippen molar-refractivity contribution < 1.29 is 0 Å². The second-order valence-electron chi connectivity index (χ2n) is 8.11. The van der Waals surface area contributed by atoms with Crippen molar-refractivity contribution in [1.29, 1.82) is 5.26 Å². The molecule has 0 saturated carbocycles. The number of nitrogens with one attached hydrogen (secondary N) is 1. The topological polar surface area (TPSA) is 55.7 Å². The third-order valence-corrected chi connectivity index (χ3v) is 6.19. The van der Waals surface area contributed by atoms with E-state index in [1.54, 1.807) is 6.33 Å². The van der Waals surface area contributed by atoms with Gasteiger partial charge in [0, 0.05) is 19.3 Å². The highest BCUT2D eigenvalue weighted by Crippen LogP contribution is 2.32. The molecular weight excluding hydrogens is 380 g/mol. The third-order valence-electron chi connectivity index (χ3n) is 6.19. The van der Waals surface area contributed by atoms with E-state index < -0.39 is 0 Å². The molecule has 0 bridgehead atoms. The maximum Gasteiger partial charge on any atom is 0.0991 e. The number of hydrogen-bond acceptors (Lipinski definition) is 3. The Morgan fingerprint density at radius 2 is 1.81 bits per heavy atom. The van der Waals surface area contributed by atoms with Gasteiger partial charge in [-0.3, -0.25) is 4.90 Å². The van der Waals surface area contributed by atoms with Crippen molar-refractivity contribution in [2.75, 3.05) is 6.54 Å². The molecule has 5 rings (SSSR count). The van der Waals surface area contributed by atoms with Crippen LogP contribution >= 0.6 is 0 Å². The lowest BCUT2D eigenvalue weighted by Gasteiger charge is -2.35. The molecule has 4 heteroatoms. The molecule has 0 fully saturated rings. The highest BCUT2D eigenvalue weighted by Gasteiger charge is 2.26. The Bertz CT molecular complexity index is 1190. The quantitative estimate of drug-likeness (QED) is 0.492. The fourth-order valence-corrected chi connectivity index (χ4v) is 4.48. The number of fused-ring (bicyclic) bond motifs is 1. The fourth-order valence-electron chi connectivity index (χ4n) is 4.48. The number of aromatic amines is 1. The van der Waals surface area contributed by atoms with Crippen LogP contribution in [0.5, 0.6) is 0 Å². The lowest BCUT2D eigenvalue weighted by atomic mass is 9.92. The predicted octanol–water partition coefficient (Wildman–Crippen LogP) is 5.29. The number of benzene rings is 3. The average Bonchev–Trinajstić information content (AvgIpc) is 3.37. The molecule has 4 nitrogen and oxygen atoms in total. The van der Waals surface area contributed by atoms with Crippen LogP contribution in [0.4, 0.5) is 0 Å². The Morgan fingerprint density at radius 3 is 2.55 bits per heavy atom. The van der Waals surface area contributed by atoms with Crippen molar-refractivity contribution in [3.05, 3.63) is 113 Å². The van der Waals surface area contributed by atoms with Crippen LogP contribution in [-0.4, -0.2) is 21.4 Å². The SMILES string of the molecule is N#Cc1ccc(CC(c2cnc[nH]2)N2CCc3ccc(-c4ccccc4)cc3C2)cc1. The largest absolute Gasteiger partial charge is 0.347 e. The van der Waals surface area contributed by atoms with Gasteiger partial charge in [0.2, 0.25) is 0 Å². The van der Waals surface area contributed by atoms with Gasteiger partial charge in [-0.05, 0) is 58.9 Å². The summed E-state index contributed by atoms with van der Waals surface area (Å²) in [6.07, 6.45) is 5.61. The van der Waals surface area contributed by atoms with Crippen LogP contribution in [0.3, 0.4) is 0 Å². The molecular formula is C27H24N4. The van der Waals surface area contributed by atoms with Gasteiger partial charge in [0.1, 0.15) is 0 Å². The second-order valence-corrected chi connectivity index (χ2v) is 8.11. The van der Waals surface area contributed by atoms with E-state index in [-0.39, 0.29) is 6.04 Å². The number of aromatic nitrogens is 2. The Labute approximate surface area is 182 Å². The van der Waals surface area contributed by atoms with Gasteiger partial charge in [0.25, 0.3) is 0 Å². The first-order valence-corrected chi connectivity index (χ1v) is 10.7. The summed E-state index contributed by atoms with van der Waals surface area (Å²) in [7, 11) is 0. The highest BCUT2D eigenvalue weighted by molar-refractivity contribution is 5.65. The van der Waals surface area contributed by atoms with Crippen LogP contribution in [0.2, 0.25) is 0 Å². The van der Waals surface area contributed by atoms with Gasteiger partial charge in [-0.1, -0.05) is 54.6 Å². The van der Waals surface area contributed by atoms with Gasteiger partial charge in [-0.25, -0.2) is 4.98 Å². The third kappa shape index (κ3) is 4.14. The molecule has 1 aliphatic heterocycles. The van der Waals surface area contributed by atoms with Crippen LogP contribution in [0.25, 0.3) is 11.1 Å². The molecule has 2 heterocycles. The first kappa shape index (κ1) is 19.3. The maximum absolute atomic E-state index is 9.09. The summed E-state index contributed by atoms with van der Waals surface area (Å²) in [5.74, 6) is 0. The van der Waals surface area contributed by atoms with E-state index in [1.807, 2.05) is 18.3 Å². The molecule has 3 aromatic carbocycles. The first-order valence-electron chi connectivity index (χ1n) is 10.7. The monoisotopic (exact) mass is 404 g/mol. The molecule has 152 valence electrons. The van der Waals surface area contributed by atoms with Crippen LogP contribution in [-0.2, 0) is 19.4 Å². The zero-order chi connectivity index (χ0) is 21.0. The minimum Gasteiger partial charge on any atom is -0.347 e. The van der Waals surface area contributed by atoms with Crippen LogP contribution in [0.15, 0.2) is 85.3 Å². The van der Waals surface area contributed by atoms with Crippen LogP contribution < -0.4 is 0 Å². The Kier molecular flexibility index (Phi) is 5.35. The van der Waals surface area contributed by atoms with Crippen molar-refractivity contribution in [2.24, 2.45) is 0 Å².